The molecule has 2 aliphatic heterocycles. The van der Waals surface area contributed by atoms with Crippen LogP contribution in [0, 0.1) is 0 Å². The molecule has 2 heterocycles. The molecule has 2 aromatic rings. The molecule has 2 aliphatic rings. The van der Waals surface area contributed by atoms with E-state index in [1.807, 2.05) is 0 Å². The molecule has 0 amide bonds. The molecule has 2 aromatic carbocycles. The summed E-state index contributed by atoms with van der Waals surface area (Å²) in [7, 11) is 0. The zero-order valence-corrected chi connectivity index (χ0v) is 28.3. The van der Waals surface area contributed by atoms with E-state index in [0.29, 0.717) is 12.2 Å². The molecule has 0 aromatic heterocycles. The minimum Gasteiger partial charge on any atom is -0.378 e. The predicted octanol–water partition coefficient (Wildman–Crippen LogP) is 8.43. The van der Waals surface area contributed by atoms with Gasteiger partial charge in [0.25, 0.3) is 0 Å². The van der Waals surface area contributed by atoms with Crippen molar-refractivity contribution in [2.75, 3.05) is 13.2 Å². The average molecular weight is 577 g/mol. The number of hydrogen-bond acceptors (Lipinski definition) is 4. The standard InChI is InChI=1S/C38H60N2O2/c1-10-30-23-29(14-12-22-42-33-26-37(6,7)40-38(8,9)27-33)17-20-34(30)31-18-15-28(16-19-31)13-11-21-41-32-24-35(2,3)39-36(4,5)25-32/h15-20,23,32-33,39-40H,10-14,21-22,24-27H2,1-9H3. The van der Waals surface area contributed by atoms with Crippen molar-refractivity contribution in [1.29, 1.82) is 0 Å². The Hall–Kier alpha value is -1.72. The van der Waals surface area contributed by atoms with Gasteiger partial charge in [-0.25, -0.2) is 0 Å². The van der Waals surface area contributed by atoms with Gasteiger partial charge in [0.05, 0.1) is 12.2 Å². The Morgan fingerprint density at radius 1 is 0.619 bits per heavy atom. The highest BCUT2D eigenvalue weighted by molar-refractivity contribution is 5.68. The fraction of sp³-hybridized carbons (Fsp3) is 0.684. The molecule has 0 aliphatic carbocycles. The van der Waals surface area contributed by atoms with Crippen molar-refractivity contribution < 1.29 is 9.47 Å². The van der Waals surface area contributed by atoms with Crippen LogP contribution in [0.3, 0.4) is 0 Å². The summed E-state index contributed by atoms with van der Waals surface area (Å²) in [5.41, 5.74) is 7.46. The van der Waals surface area contributed by atoms with Gasteiger partial charge >= 0.3 is 0 Å². The second-order valence-corrected chi connectivity index (χ2v) is 15.8. The lowest BCUT2D eigenvalue weighted by molar-refractivity contribution is -0.0227. The molecule has 2 fully saturated rings. The van der Waals surface area contributed by atoms with Crippen molar-refractivity contribution >= 4 is 0 Å². The molecule has 234 valence electrons. The van der Waals surface area contributed by atoms with Gasteiger partial charge < -0.3 is 20.1 Å². The van der Waals surface area contributed by atoms with Crippen molar-refractivity contribution in [1.82, 2.24) is 10.6 Å². The minimum atomic E-state index is 0.132. The van der Waals surface area contributed by atoms with E-state index in [1.165, 1.54) is 27.8 Å². The number of benzene rings is 2. The first-order valence-corrected chi connectivity index (χ1v) is 16.7. The highest BCUT2D eigenvalue weighted by atomic mass is 16.5. The van der Waals surface area contributed by atoms with Crippen LogP contribution in [-0.2, 0) is 28.7 Å². The SMILES string of the molecule is CCc1cc(CCCOC2CC(C)(C)NC(C)(C)C2)ccc1-c1ccc(CCCOC2CC(C)(C)NC(C)(C)C2)cc1. The Morgan fingerprint density at radius 2 is 1.05 bits per heavy atom. The van der Waals surface area contributed by atoms with Crippen molar-refractivity contribution in [2.24, 2.45) is 0 Å². The van der Waals surface area contributed by atoms with Crippen LogP contribution < -0.4 is 10.6 Å². The van der Waals surface area contributed by atoms with Gasteiger partial charge in [0.2, 0.25) is 0 Å². The van der Waals surface area contributed by atoms with E-state index in [4.69, 9.17) is 9.47 Å². The van der Waals surface area contributed by atoms with Crippen LogP contribution >= 0.6 is 0 Å². The number of aryl methyl sites for hydroxylation is 3. The van der Waals surface area contributed by atoms with E-state index in [-0.39, 0.29) is 22.2 Å². The predicted molar refractivity (Wildman–Crippen MR) is 178 cm³/mol. The van der Waals surface area contributed by atoms with Crippen LogP contribution in [0.5, 0.6) is 0 Å². The van der Waals surface area contributed by atoms with E-state index >= 15 is 0 Å². The molecule has 4 nitrogen and oxygen atoms in total. The number of hydrogen-bond donors (Lipinski definition) is 2. The number of ether oxygens (including phenoxy) is 2. The van der Waals surface area contributed by atoms with Crippen LogP contribution in [-0.4, -0.2) is 47.6 Å². The molecule has 0 spiro atoms. The highest BCUT2D eigenvalue weighted by Gasteiger charge is 2.39. The van der Waals surface area contributed by atoms with Gasteiger partial charge in [-0.15, -0.1) is 0 Å². The van der Waals surface area contributed by atoms with Crippen LogP contribution in [0.4, 0.5) is 0 Å². The van der Waals surface area contributed by atoms with E-state index in [0.717, 1.165) is 71.0 Å². The molecule has 2 N–H and O–H groups in total. The summed E-state index contributed by atoms with van der Waals surface area (Å²) in [6.07, 6.45) is 10.3. The molecule has 0 unspecified atom stereocenters. The van der Waals surface area contributed by atoms with Gasteiger partial charge in [-0.1, -0.05) is 49.4 Å². The normalized spacial score (nSPS) is 21.8. The Balaban J connectivity index is 1.23. The van der Waals surface area contributed by atoms with E-state index in [9.17, 15) is 0 Å². The summed E-state index contributed by atoms with van der Waals surface area (Å²) in [4.78, 5) is 0. The first kappa shape index (κ1) is 33.2. The summed E-state index contributed by atoms with van der Waals surface area (Å²) >= 11 is 0. The number of piperidine rings is 2. The molecule has 0 saturated carbocycles. The summed E-state index contributed by atoms with van der Waals surface area (Å²) in [6.45, 7) is 22.2. The van der Waals surface area contributed by atoms with E-state index in [2.05, 4.69) is 115 Å². The molecule has 0 radical (unpaired) electrons. The van der Waals surface area contributed by atoms with Gasteiger partial charge in [0.1, 0.15) is 0 Å². The van der Waals surface area contributed by atoms with E-state index < -0.39 is 0 Å². The quantitative estimate of drug-likeness (QED) is 0.249. The Labute approximate surface area is 257 Å². The zero-order valence-electron chi connectivity index (χ0n) is 28.3. The largest absolute Gasteiger partial charge is 0.378 e. The van der Waals surface area contributed by atoms with Crippen molar-refractivity contribution in [2.45, 2.75) is 154 Å². The van der Waals surface area contributed by atoms with Gasteiger partial charge in [-0.3, -0.25) is 0 Å². The number of rotatable bonds is 12. The van der Waals surface area contributed by atoms with E-state index in [1.54, 1.807) is 0 Å². The third kappa shape index (κ3) is 9.91. The van der Waals surface area contributed by atoms with Gasteiger partial charge in [-0.05, 0) is 141 Å². The molecular formula is C38H60N2O2. The lowest BCUT2D eigenvalue weighted by Crippen LogP contribution is -2.59. The van der Waals surface area contributed by atoms with Gasteiger partial charge in [0, 0.05) is 35.4 Å². The minimum absolute atomic E-state index is 0.132. The molecule has 0 bridgehead atoms. The summed E-state index contributed by atoms with van der Waals surface area (Å²) in [5, 5.41) is 7.50. The molecule has 42 heavy (non-hydrogen) atoms. The van der Waals surface area contributed by atoms with Crippen molar-refractivity contribution in [3.8, 4) is 11.1 Å². The first-order chi connectivity index (χ1) is 19.6. The lowest BCUT2D eigenvalue weighted by Gasteiger charge is -2.46. The molecule has 0 atom stereocenters. The second-order valence-electron chi connectivity index (χ2n) is 15.8. The monoisotopic (exact) mass is 576 g/mol. The Morgan fingerprint density at radius 3 is 1.50 bits per heavy atom. The zero-order chi connectivity index (χ0) is 30.6. The topological polar surface area (TPSA) is 42.5 Å². The highest BCUT2D eigenvalue weighted by Crippen LogP contribution is 2.32. The third-order valence-corrected chi connectivity index (χ3v) is 9.05. The summed E-state index contributed by atoms with van der Waals surface area (Å²) < 4.78 is 12.7. The van der Waals surface area contributed by atoms with Crippen LogP contribution in [0.25, 0.3) is 11.1 Å². The Kier molecular flexibility index (Phi) is 10.7. The van der Waals surface area contributed by atoms with Gasteiger partial charge in [-0.2, -0.15) is 0 Å². The molecule has 4 heteroatoms. The molecule has 2 saturated heterocycles. The molecule has 4 rings (SSSR count). The summed E-state index contributed by atoms with van der Waals surface area (Å²) in [6, 6.07) is 16.3. The fourth-order valence-corrected chi connectivity index (χ4v) is 7.97. The van der Waals surface area contributed by atoms with Crippen LogP contribution in [0.1, 0.15) is 118 Å². The maximum atomic E-state index is 6.37. The Bertz CT molecular complexity index is 1120. The maximum Gasteiger partial charge on any atom is 0.0609 e. The smallest absolute Gasteiger partial charge is 0.0609 e. The van der Waals surface area contributed by atoms with Crippen molar-refractivity contribution in [3.05, 3.63) is 59.2 Å². The van der Waals surface area contributed by atoms with Crippen molar-refractivity contribution in [3.63, 3.8) is 0 Å². The first-order valence-electron chi connectivity index (χ1n) is 16.7. The lowest BCUT2D eigenvalue weighted by atomic mass is 9.81. The molecular weight excluding hydrogens is 516 g/mol. The maximum absolute atomic E-state index is 6.37. The third-order valence-electron chi connectivity index (χ3n) is 9.05. The van der Waals surface area contributed by atoms with Gasteiger partial charge in [0.15, 0.2) is 0 Å². The second kappa shape index (κ2) is 13.5. The van der Waals surface area contributed by atoms with Crippen LogP contribution in [0.2, 0.25) is 0 Å². The average Bonchev–Trinajstić information content (AvgIpc) is 2.86. The number of nitrogens with one attached hydrogen (secondary N) is 2. The summed E-state index contributed by atoms with van der Waals surface area (Å²) in [5.74, 6) is 0. The fourth-order valence-electron chi connectivity index (χ4n) is 7.97. The van der Waals surface area contributed by atoms with Crippen LogP contribution in [0.15, 0.2) is 42.5 Å².